The van der Waals surface area contributed by atoms with E-state index in [1.54, 1.807) is 0 Å². The van der Waals surface area contributed by atoms with Crippen LogP contribution >= 0.6 is 0 Å². The molecule has 3 heterocycles. The fourth-order valence-electron chi connectivity index (χ4n) is 6.48. The summed E-state index contributed by atoms with van der Waals surface area (Å²) in [6.45, 7) is 5.70. The van der Waals surface area contributed by atoms with Crippen LogP contribution in [-0.2, 0) is 30.2 Å². The molecule has 1 aliphatic carbocycles. The Bertz CT molecular complexity index is 1130. The third-order valence-corrected chi connectivity index (χ3v) is 8.53. The molecule has 0 aromatic heterocycles. The Morgan fingerprint density at radius 1 is 1.21 bits per heavy atom. The van der Waals surface area contributed by atoms with Gasteiger partial charge in [0.15, 0.2) is 29.3 Å². The molecule has 1 saturated heterocycles. The third-order valence-electron chi connectivity index (χ3n) is 8.53. The Morgan fingerprint density at radius 3 is 2.63 bits per heavy atom. The van der Waals surface area contributed by atoms with Crippen LogP contribution in [0.5, 0.6) is 11.5 Å². The molecule has 0 unspecified atom stereocenters. The zero-order valence-corrected chi connectivity index (χ0v) is 22.4. The van der Waals surface area contributed by atoms with Crippen molar-refractivity contribution in [3.05, 3.63) is 35.1 Å². The van der Waals surface area contributed by atoms with Crippen LogP contribution in [0.2, 0.25) is 0 Å². The van der Waals surface area contributed by atoms with E-state index in [2.05, 4.69) is 9.64 Å². The summed E-state index contributed by atoms with van der Waals surface area (Å²) in [7, 11) is 2.62. The number of benzene rings is 1. The van der Waals surface area contributed by atoms with Gasteiger partial charge >= 0.3 is 11.9 Å². The second-order valence-electron chi connectivity index (χ2n) is 11.1. The zero-order chi connectivity index (χ0) is 27.2. The van der Waals surface area contributed by atoms with E-state index in [0.29, 0.717) is 23.7 Å². The first-order valence-electron chi connectivity index (χ1n) is 13.3. The van der Waals surface area contributed by atoms with Crippen LogP contribution in [0.15, 0.2) is 24.0 Å². The van der Waals surface area contributed by atoms with Crippen molar-refractivity contribution in [3.63, 3.8) is 0 Å². The Labute approximate surface area is 222 Å². The molecule has 10 nitrogen and oxygen atoms in total. The van der Waals surface area contributed by atoms with Gasteiger partial charge in [0.25, 0.3) is 0 Å². The molecule has 0 bridgehead atoms. The lowest BCUT2D eigenvalue weighted by molar-refractivity contribution is -0.195. The summed E-state index contributed by atoms with van der Waals surface area (Å²) in [5, 5.41) is 22.1. The van der Waals surface area contributed by atoms with E-state index in [0.717, 1.165) is 50.6 Å². The van der Waals surface area contributed by atoms with Crippen LogP contribution in [-0.4, -0.2) is 84.5 Å². The molecule has 1 spiro atoms. The molecule has 0 amide bonds. The Kier molecular flexibility index (Phi) is 7.08. The van der Waals surface area contributed by atoms with E-state index in [1.165, 1.54) is 7.11 Å². The molecule has 0 saturated carbocycles. The van der Waals surface area contributed by atoms with Crippen molar-refractivity contribution in [3.8, 4) is 11.5 Å². The molecule has 1 aromatic carbocycles. The number of aliphatic hydroxyl groups is 2. The lowest BCUT2D eigenvalue weighted by atomic mass is 9.77. The maximum Gasteiger partial charge on any atom is 0.342 e. The number of nitrogens with zero attached hydrogens (tertiary/aromatic N) is 1. The predicted octanol–water partition coefficient (Wildman–Crippen LogP) is 2.05. The highest BCUT2D eigenvalue weighted by atomic mass is 16.7. The number of hydrogen-bond acceptors (Lipinski definition) is 10. The van der Waals surface area contributed by atoms with Gasteiger partial charge in [0, 0.05) is 6.54 Å². The molecule has 0 radical (unpaired) electrons. The number of esters is 2. The number of carbonyl (C=O) groups is 2. The minimum absolute atomic E-state index is 0.105. The van der Waals surface area contributed by atoms with Gasteiger partial charge in [-0.3, -0.25) is 4.90 Å². The SMILES string of the molecule is COC(=O)[C@@H](O)[C@](O)(CCC(C)C)C(=O)O[C@H]1C(OC)=C[C@]23CCCN2CCc2cc4c(cc2[C@H]13)OCO4. The Hall–Kier alpha value is -2.82. The molecule has 3 aliphatic heterocycles. The van der Waals surface area contributed by atoms with Gasteiger partial charge in [-0.2, -0.15) is 0 Å². The molecular weight excluding hydrogens is 494 g/mol. The zero-order valence-electron chi connectivity index (χ0n) is 22.4. The van der Waals surface area contributed by atoms with E-state index in [4.69, 9.17) is 18.9 Å². The first kappa shape index (κ1) is 26.8. The molecule has 4 aliphatic rings. The predicted molar refractivity (Wildman–Crippen MR) is 135 cm³/mol. The molecule has 5 atom stereocenters. The van der Waals surface area contributed by atoms with Gasteiger partial charge in [-0.1, -0.05) is 13.8 Å². The number of methoxy groups -OCH3 is 2. The monoisotopic (exact) mass is 531 g/mol. The minimum atomic E-state index is -2.48. The normalized spacial score (nSPS) is 27.9. The number of rotatable bonds is 8. The van der Waals surface area contributed by atoms with Gasteiger partial charge in [0.1, 0.15) is 5.76 Å². The van der Waals surface area contributed by atoms with Crippen molar-refractivity contribution in [2.75, 3.05) is 34.1 Å². The summed E-state index contributed by atoms with van der Waals surface area (Å²) in [5.74, 6) is -0.634. The highest BCUT2D eigenvalue weighted by Gasteiger charge is 2.59. The van der Waals surface area contributed by atoms with E-state index in [1.807, 2.05) is 32.1 Å². The lowest BCUT2D eigenvalue weighted by Crippen LogP contribution is -2.56. The topological polar surface area (TPSA) is 124 Å². The number of aliphatic hydroxyl groups excluding tert-OH is 1. The Balaban J connectivity index is 1.56. The number of fused-ring (bicyclic) bond motifs is 3. The molecule has 1 fully saturated rings. The summed E-state index contributed by atoms with van der Waals surface area (Å²) >= 11 is 0. The van der Waals surface area contributed by atoms with E-state index < -0.39 is 35.3 Å². The lowest BCUT2D eigenvalue weighted by Gasteiger charge is -2.40. The second kappa shape index (κ2) is 10.1. The van der Waals surface area contributed by atoms with Crippen molar-refractivity contribution >= 4 is 11.9 Å². The third kappa shape index (κ3) is 4.23. The van der Waals surface area contributed by atoms with Crippen molar-refractivity contribution in [2.45, 2.75) is 75.2 Å². The number of ether oxygens (including phenoxy) is 5. The van der Waals surface area contributed by atoms with Crippen molar-refractivity contribution in [1.29, 1.82) is 0 Å². The number of hydrogen-bond donors (Lipinski definition) is 2. The maximum atomic E-state index is 13.7. The molecule has 5 rings (SSSR count). The largest absolute Gasteiger partial charge is 0.497 e. The van der Waals surface area contributed by atoms with E-state index in [-0.39, 0.29) is 25.0 Å². The van der Waals surface area contributed by atoms with Gasteiger partial charge in [0.2, 0.25) is 6.79 Å². The molecule has 2 N–H and O–H groups in total. The van der Waals surface area contributed by atoms with E-state index in [9.17, 15) is 19.8 Å². The van der Waals surface area contributed by atoms with Crippen molar-refractivity contribution in [2.24, 2.45) is 5.92 Å². The fraction of sp³-hybridized carbons (Fsp3) is 0.643. The first-order chi connectivity index (χ1) is 18.1. The highest BCUT2D eigenvalue weighted by Crippen LogP contribution is 2.55. The quantitative estimate of drug-likeness (QED) is 0.482. The standard InChI is InChI=1S/C28H37NO9/c1-16(2)6-9-28(33,24(30)25(31)35-4)26(32)38-23-21(34-3)14-27-8-5-10-29(27)11-7-17-12-19-20(37-15-36-19)13-18(17)22(23)27/h12-14,16,22-24,30,33H,5-11,15H2,1-4H3/t22-,23+,24-,27+,28-/m1/s1. The van der Waals surface area contributed by atoms with Crippen LogP contribution < -0.4 is 9.47 Å². The summed E-state index contributed by atoms with van der Waals surface area (Å²) in [6.07, 6.45) is 1.88. The minimum Gasteiger partial charge on any atom is -0.497 e. The van der Waals surface area contributed by atoms with Crippen LogP contribution in [0.1, 0.15) is 56.6 Å². The summed E-state index contributed by atoms with van der Waals surface area (Å²) in [4.78, 5) is 28.4. The molecule has 1 aromatic rings. The van der Waals surface area contributed by atoms with Crippen LogP contribution in [0, 0.1) is 5.92 Å². The fourth-order valence-corrected chi connectivity index (χ4v) is 6.48. The maximum absolute atomic E-state index is 13.7. The van der Waals surface area contributed by atoms with Crippen LogP contribution in [0.4, 0.5) is 0 Å². The number of carbonyl (C=O) groups excluding carboxylic acids is 2. The van der Waals surface area contributed by atoms with Gasteiger partial charge in [0.05, 0.1) is 25.7 Å². The average molecular weight is 532 g/mol. The van der Waals surface area contributed by atoms with Crippen LogP contribution in [0.3, 0.4) is 0 Å². The second-order valence-corrected chi connectivity index (χ2v) is 11.1. The van der Waals surface area contributed by atoms with Gasteiger partial charge < -0.3 is 33.9 Å². The molecular formula is C28H37NO9. The van der Waals surface area contributed by atoms with Crippen molar-refractivity contribution in [1.82, 2.24) is 4.90 Å². The van der Waals surface area contributed by atoms with Crippen molar-refractivity contribution < 1.29 is 43.5 Å². The van der Waals surface area contributed by atoms with Gasteiger partial charge in [-0.05, 0) is 73.9 Å². The summed E-state index contributed by atoms with van der Waals surface area (Å²) in [6, 6.07) is 3.96. The molecule has 208 valence electrons. The highest BCUT2D eigenvalue weighted by molar-refractivity contribution is 5.89. The van der Waals surface area contributed by atoms with E-state index >= 15 is 0 Å². The Morgan fingerprint density at radius 2 is 1.95 bits per heavy atom. The molecule has 38 heavy (non-hydrogen) atoms. The van der Waals surface area contributed by atoms with Gasteiger partial charge in [-0.25, -0.2) is 9.59 Å². The smallest absolute Gasteiger partial charge is 0.342 e. The summed E-state index contributed by atoms with van der Waals surface area (Å²) in [5.41, 5.74) is -0.890. The summed E-state index contributed by atoms with van der Waals surface area (Å²) < 4.78 is 27.8. The molecule has 10 heteroatoms. The first-order valence-corrected chi connectivity index (χ1v) is 13.3. The average Bonchev–Trinajstić information content (AvgIpc) is 3.59. The van der Waals surface area contributed by atoms with Gasteiger partial charge in [-0.15, -0.1) is 0 Å². The van der Waals surface area contributed by atoms with Crippen LogP contribution in [0.25, 0.3) is 0 Å².